The first kappa shape index (κ1) is 13.8. The largest absolute Gasteiger partial charge is 0.115 e. The molecule has 0 amide bonds. The molecule has 0 aliphatic heterocycles. The molecule has 0 heterocycles. The summed E-state index contributed by atoms with van der Waals surface area (Å²) in [6.07, 6.45) is 11.8. The van der Waals surface area contributed by atoms with Crippen LogP contribution >= 0.6 is 0 Å². The fourth-order valence-electron chi connectivity index (χ4n) is 1.98. The Labute approximate surface area is 106 Å². The van der Waals surface area contributed by atoms with E-state index in [1.807, 2.05) is 6.07 Å². The molecule has 0 heteroatoms. The standard InChI is InChI=1S/C17H24/c1-5-15-11-9-12-16(14-15)10-7-6-8-13-17(2,3)4/h1,9,11-12,14H,6-8,10,13H2,2-4H3. The van der Waals surface area contributed by atoms with Crippen LogP contribution in [0.1, 0.15) is 57.6 Å². The Morgan fingerprint density at radius 1 is 1.12 bits per heavy atom. The van der Waals surface area contributed by atoms with E-state index in [2.05, 4.69) is 44.9 Å². The minimum Gasteiger partial charge on any atom is -0.115 e. The van der Waals surface area contributed by atoms with Gasteiger partial charge in [-0.25, -0.2) is 0 Å². The highest BCUT2D eigenvalue weighted by atomic mass is 14.1. The van der Waals surface area contributed by atoms with Crippen molar-refractivity contribution in [1.82, 2.24) is 0 Å². The fraction of sp³-hybridized carbons (Fsp3) is 0.529. The Balaban J connectivity index is 2.25. The zero-order valence-corrected chi connectivity index (χ0v) is 11.4. The zero-order valence-electron chi connectivity index (χ0n) is 11.4. The maximum Gasteiger partial charge on any atom is 0.0245 e. The summed E-state index contributed by atoms with van der Waals surface area (Å²) in [5, 5.41) is 0. The van der Waals surface area contributed by atoms with Gasteiger partial charge in [-0.3, -0.25) is 0 Å². The molecule has 0 aromatic heterocycles. The van der Waals surface area contributed by atoms with Gasteiger partial charge >= 0.3 is 0 Å². The van der Waals surface area contributed by atoms with Crippen LogP contribution in [0.5, 0.6) is 0 Å². The van der Waals surface area contributed by atoms with E-state index in [1.54, 1.807) is 0 Å². The molecule has 0 nitrogen and oxygen atoms in total. The van der Waals surface area contributed by atoms with E-state index in [0.717, 1.165) is 12.0 Å². The Morgan fingerprint density at radius 3 is 2.53 bits per heavy atom. The first-order chi connectivity index (χ1) is 8.01. The van der Waals surface area contributed by atoms with Crippen molar-refractivity contribution < 1.29 is 0 Å². The molecule has 17 heavy (non-hydrogen) atoms. The van der Waals surface area contributed by atoms with Crippen molar-refractivity contribution >= 4 is 0 Å². The molecule has 92 valence electrons. The molecule has 0 bridgehead atoms. The van der Waals surface area contributed by atoms with E-state index in [1.165, 1.54) is 31.2 Å². The van der Waals surface area contributed by atoms with Gasteiger partial charge in [-0.05, 0) is 42.4 Å². The monoisotopic (exact) mass is 228 g/mol. The van der Waals surface area contributed by atoms with Gasteiger partial charge in [0.05, 0.1) is 0 Å². The maximum atomic E-state index is 5.39. The highest BCUT2D eigenvalue weighted by Gasteiger charge is 2.08. The van der Waals surface area contributed by atoms with Crippen LogP contribution in [-0.4, -0.2) is 0 Å². The Kier molecular flexibility index (Phi) is 5.29. The molecule has 0 N–H and O–H groups in total. The van der Waals surface area contributed by atoms with Crippen LogP contribution in [0.15, 0.2) is 24.3 Å². The van der Waals surface area contributed by atoms with Crippen LogP contribution in [0.4, 0.5) is 0 Å². The van der Waals surface area contributed by atoms with E-state index in [4.69, 9.17) is 6.42 Å². The third-order valence-electron chi connectivity index (χ3n) is 2.99. The van der Waals surface area contributed by atoms with Crippen LogP contribution in [-0.2, 0) is 6.42 Å². The van der Waals surface area contributed by atoms with E-state index in [9.17, 15) is 0 Å². The number of unbranched alkanes of at least 4 members (excludes halogenated alkanes) is 2. The van der Waals surface area contributed by atoms with Crippen molar-refractivity contribution in [2.75, 3.05) is 0 Å². The molecule has 0 radical (unpaired) electrons. The van der Waals surface area contributed by atoms with Gasteiger partial charge in [0.2, 0.25) is 0 Å². The maximum absolute atomic E-state index is 5.39. The number of rotatable bonds is 5. The molecule has 0 aliphatic rings. The van der Waals surface area contributed by atoms with E-state index >= 15 is 0 Å². The Bertz CT molecular complexity index is 374. The second-order valence-corrected chi connectivity index (χ2v) is 5.97. The normalized spacial score (nSPS) is 11.2. The first-order valence-corrected chi connectivity index (χ1v) is 6.57. The third-order valence-corrected chi connectivity index (χ3v) is 2.99. The quantitative estimate of drug-likeness (QED) is 0.501. The zero-order chi connectivity index (χ0) is 12.7. The molecular formula is C17H24. The summed E-state index contributed by atoms with van der Waals surface area (Å²) in [6, 6.07) is 8.34. The molecule has 0 spiro atoms. The lowest BCUT2D eigenvalue weighted by molar-refractivity contribution is 0.358. The fourth-order valence-corrected chi connectivity index (χ4v) is 1.98. The van der Waals surface area contributed by atoms with Gasteiger partial charge in [0.25, 0.3) is 0 Å². The Morgan fingerprint density at radius 2 is 1.88 bits per heavy atom. The summed E-state index contributed by atoms with van der Waals surface area (Å²) in [5.41, 5.74) is 2.84. The number of hydrogen-bond acceptors (Lipinski definition) is 0. The average molecular weight is 228 g/mol. The lowest BCUT2D eigenvalue weighted by Crippen LogP contribution is -2.04. The van der Waals surface area contributed by atoms with Crippen molar-refractivity contribution in [3.63, 3.8) is 0 Å². The third kappa shape index (κ3) is 6.17. The molecule has 0 atom stereocenters. The van der Waals surface area contributed by atoms with Gasteiger partial charge in [-0.15, -0.1) is 6.42 Å². The second-order valence-electron chi connectivity index (χ2n) is 5.97. The predicted octanol–water partition coefficient (Wildman–Crippen LogP) is 4.82. The first-order valence-electron chi connectivity index (χ1n) is 6.57. The van der Waals surface area contributed by atoms with Crippen LogP contribution in [0, 0.1) is 17.8 Å². The minimum absolute atomic E-state index is 0.476. The van der Waals surface area contributed by atoms with Crippen molar-refractivity contribution in [3.8, 4) is 12.3 Å². The molecule has 0 unspecified atom stereocenters. The summed E-state index contributed by atoms with van der Waals surface area (Å²) in [6.45, 7) is 6.93. The van der Waals surface area contributed by atoms with Gasteiger partial charge in [-0.1, -0.05) is 51.7 Å². The summed E-state index contributed by atoms with van der Waals surface area (Å²) >= 11 is 0. The molecule has 0 saturated heterocycles. The highest BCUT2D eigenvalue weighted by molar-refractivity contribution is 5.35. The summed E-state index contributed by atoms with van der Waals surface area (Å²) in [4.78, 5) is 0. The van der Waals surface area contributed by atoms with Crippen LogP contribution in [0.2, 0.25) is 0 Å². The smallest absolute Gasteiger partial charge is 0.0245 e. The van der Waals surface area contributed by atoms with Gasteiger partial charge in [-0.2, -0.15) is 0 Å². The molecule has 1 rings (SSSR count). The van der Waals surface area contributed by atoms with Crippen LogP contribution < -0.4 is 0 Å². The molecule has 0 saturated carbocycles. The molecule has 1 aromatic rings. The highest BCUT2D eigenvalue weighted by Crippen LogP contribution is 2.22. The lowest BCUT2D eigenvalue weighted by Gasteiger charge is -2.17. The number of hydrogen-bond donors (Lipinski definition) is 0. The van der Waals surface area contributed by atoms with Crippen molar-refractivity contribution in [2.24, 2.45) is 5.41 Å². The van der Waals surface area contributed by atoms with Crippen molar-refractivity contribution in [2.45, 2.75) is 52.9 Å². The predicted molar refractivity (Wildman–Crippen MR) is 76.0 cm³/mol. The van der Waals surface area contributed by atoms with Gasteiger partial charge in [0.1, 0.15) is 0 Å². The van der Waals surface area contributed by atoms with Gasteiger partial charge in [0.15, 0.2) is 0 Å². The number of terminal acetylenes is 1. The van der Waals surface area contributed by atoms with E-state index < -0.39 is 0 Å². The summed E-state index contributed by atoms with van der Waals surface area (Å²) in [7, 11) is 0. The summed E-state index contributed by atoms with van der Waals surface area (Å²) in [5.74, 6) is 2.69. The average Bonchev–Trinajstić information content (AvgIpc) is 2.27. The molecule has 0 fully saturated rings. The Hall–Kier alpha value is -1.22. The van der Waals surface area contributed by atoms with E-state index in [-0.39, 0.29) is 0 Å². The van der Waals surface area contributed by atoms with Gasteiger partial charge < -0.3 is 0 Å². The molecular weight excluding hydrogens is 204 g/mol. The number of aryl methyl sites for hydroxylation is 1. The van der Waals surface area contributed by atoms with Crippen LogP contribution in [0.3, 0.4) is 0 Å². The minimum atomic E-state index is 0.476. The molecule has 0 aliphatic carbocycles. The number of benzene rings is 1. The van der Waals surface area contributed by atoms with Crippen molar-refractivity contribution in [3.05, 3.63) is 35.4 Å². The van der Waals surface area contributed by atoms with Crippen LogP contribution in [0.25, 0.3) is 0 Å². The topological polar surface area (TPSA) is 0 Å². The van der Waals surface area contributed by atoms with Gasteiger partial charge in [0, 0.05) is 5.56 Å². The van der Waals surface area contributed by atoms with E-state index in [0.29, 0.717) is 5.41 Å². The molecule has 1 aromatic carbocycles. The second kappa shape index (κ2) is 6.50. The summed E-state index contributed by atoms with van der Waals surface area (Å²) < 4.78 is 0. The SMILES string of the molecule is C#Cc1cccc(CCCCCC(C)(C)C)c1. The lowest BCUT2D eigenvalue weighted by atomic mass is 9.89. The van der Waals surface area contributed by atoms with Crippen molar-refractivity contribution in [1.29, 1.82) is 0 Å².